The Labute approximate surface area is 156 Å². The number of benzene rings is 2. The summed E-state index contributed by atoms with van der Waals surface area (Å²) in [4.78, 5) is 18.7. The first-order valence-corrected chi connectivity index (χ1v) is 8.96. The highest BCUT2D eigenvalue weighted by atomic mass is 19.1. The third-order valence-electron chi connectivity index (χ3n) is 5.00. The van der Waals surface area contributed by atoms with E-state index in [0.29, 0.717) is 36.7 Å². The molecule has 1 aliphatic rings. The van der Waals surface area contributed by atoms with Crippen LogP contribution in [0.2, 0.25) is 0 Å². The lowest BCUT2D eigenvalue weighted by Gasteiger charge is -2.23. The van der Waals surface area contributed by atoms with Crippen LogP contribution in [-0.4, -0.2) is 20.9 Å². The molecule has 0 saturated carbocycles. The van der Waals surface area contributed by atoms with Crippen molar-refractivity contribution >= 4 is 5.91 Å². The van der Waals surface area contributed by atoms with Gasteiger partial charge >= 0.3 is 0 Å². The minimum Gasteiger partial charge on any atom is -0.337 e. The molecule has 0 N–H and O–H groups in total. The summed E-state index contributed by atoms with van der Waals surface area (Å²) in [5, 5.41) is 4.01. The summed E-state index contributed by atoms with van der Waals surface area (Å²) in [5.74, 6) is 0.590. The Kier molecular flexibility index (Phi) is 4.48. The van der Waals surface area contributed by atoms with Gasteiger partial charge in [-0.2, -0.15) is 4.98 Å². The van der Waals surface area contributed by atoms with Crippen LogP contribution in [-0.2, 0) is 11.3 Å². The zero-order valence-corrected chi connectivity index (χ0v) is 15.3. The van der Waals surface area contributed by atoms with E-state index < -0.39 is 0 Å². The van der Waals surface area contributed by atoms with E-state index in [-0.39, 0.29) is 17.8 Å². The van der Waals surface area contributed by atoms with Gasteiger partial charge < -0.3 is 9.42 Å². The number of nitrogens with zero attached hydrogens (tertiary/aromatic N) is 3. The molecule has 1 aromatic heterocycles. The van der Waals surface area contributed by atoms with E-state index in [9.17, 15) is 9.18 Å². The van der Waals surface area contributed by atoms with Crippen molar-refractivity contribution in [1.29, 1.82) is 0 Å². The van der Waals surface area contributed by atoms with Crippen LogP contribution < -0.4 is 0 Å². The summed E-state index contributed by atoms with van der Waals surface area (Å²) in [7, 11) is 0. The van der Waals surface area contributed by atoms with E-state index in [0.717, 1.165) is 16.7 Å². The lowest BCUT2D eigenvalue weighted by Crippen LogP contribution is -2.27. The van der Waals surface area contributed by atoms with Gasteiger partial charge in [0.05, 0.1) is 0 Å². The van der Waals surface area contributed by atoms with Gasteiger partial charge in [0.1, 0.15) is 11.9 Å². The Morgan fingerprint density at radius 3 is 2.74 bits per heavy atom. The Morgan fingerprint density at radius 2 is 1.96 bits per heavy atom. The normalized spacial score (nSPS) is 16.9. The average molecular weight is 365 g/mol. The second-order valence-electron chi connectivity index (χ2n) is 6.97. The van der Waals surface area contributed by atoms with Crippen molar-refractivity contribution in [3.05, 3.63) is 70.9 Å². The highest BCUT2D eigenvalue weighted by Crippen LogP contribution is 2.34. The van der Waals surface area contributed by atoms with Crippen molar-refractivity contribution in [2.75, 3.05) is 0 Å². The molecule has 0 spiro atoms. The van der Waals surface area contributed by atoms with E-state index in [1.807, 2.05) is 18.7 Å². The highest BCUT2D eigenvalue weighted by Gasteiger charge is 2.36. The number of aryl methyl sites for hydroxylation is 2. The molecule has 6 heteroatoms. The first kappa shape index (κ1) is 17.4. The van der Waals surface area contributed by atoms with Crippen molar-refractivity contribution in [3.8, 4) is 11.4 Å². The predicted molar refractivity (Wildman–Crippen MR) is 98.1 cm³/mol. The topological polar surface area (TPSA) is 59.2 Å². The van der Waals surface area contributed by atoms with Gasteiger partial charge in [-0.15, -0.1) is 0 Å². The molecule has 1 amide bonds. The van der Waals surface area contributed by atoms with Crippen LogP contribution in [0, 0.1) is 19.7 Å². The average Bonchev–Trinajstić information content (AvgIpc) is 3.26. The molecule has 2 heterocycles. The third-order valence-corrected chi connectivity index (χ3v) is 5.00. The molecule has 1 unspecified atom stereocenters. The smallest absolute Gasteiger partial charge is 0.249 e. The van der Waals surface area contributed by atoms with Crippen molar-refractivity contribution in [1.82, 2.24) is 15.0 Å². The predicted octanol–water partition coefficient (Wildman–Crippen LogP) is 4.36. The molecule has 2 aromatic carbocycles. The standard InChI is InChI=1S/C21H20FN3O2/c1-13-3-4-14(2)16(11-13)12-25-18(9-10-19(25)26)21-23-20(24-27-21)15-5-7-17(22)8-6-15/h3-8,11,18H,9-10,12H2,1-2H3. The van der Waals surface area contributed by atoms with E-state index >= 15 is 0 Å². The minimum atomic E-state index is -0.316. The maximum atomic E-state index is 13.1. The van der Waals surface area contributed by atoms with Gasteiger partial charge in [-0.3, -0.25) is 4.79 Å². The number of hydrogen-bond donors (Lipinski definition) is 0. The van der Waals surface area contributed by atoms with Gasteiger partial charge in [0, 0.05) is 18.5 Å². The van der Waals surface area contributed by atoms with Crippen molar-refractivity contribution in [2.45, 2.75) is 39.3 Å². The third kappa shape index (κ3) is 3.47. The lowest BCUT2D eigenvalue weighted by molar-refractivity contribution is -0.130. The van der Waals surface area contributed by atoms with Gasteiger partial charge in [-0.05, 0) is 55.7 Å². The molecular weight excluding hydrogens is 345 g/mol. The van der Waals surface area contributed by atoms with Crippen LogP contribution in [0.1, 0.15) is 41.5 Å². The molecule has 1 saturated heterocycles. The van der Waals surface area contributed by atoms with Crippen molar-refractivity contribution < 1.29 is 13.7 Å². The van der Waals surface area contributed by atoms with E-state index in [4.69, 9.17) is 4.52 Å². The molecule has 1 fully saturated rings. The van der Waals surface area contributed by atoms with Gasteiger partial charge in [-0.1, -0.05) is 28.9 Å². The maximum Gasteiger partial charge on any atom is 0.249 e. The molecule has 1 atom stereocenters. The first-order valence-electron chi connectivity index (χ1n) is 8.96. The van der Waals surface area contributed by atoms with E-state index in [2.05, 4.69) is 28.3 Å². The van der Waals surface area contributed by atoms with Crippen LogP contribution in [0.15, 0.2) is 47.0 Å². The number of carbonyl (C=O) groups excluding carboxylic acids is 1. The fraction of sp³-hybridized carbons (Fsp3) is 0.286. The molecule has 0 radical (unpaired) electrons. The van der Waals surface area contributed by atoms with Crippen LogP contribution in [0.4, 0.5) is 4.39 Å². The Balaban J connectivity index is 1.60. The number of amides is 1. The fourth-order valence-electron chi connectivity index (χ4n) is 3.43. The Hall–Kier alpha value is -3.02. The Morgan fingerprint density at radius 1 is 1.19 bits per heavy atom. The number of carbonyl (C=O) groups is 1. The molecule has 5 nitrogen and oxygen atoms in total. The summed E-state index contributed by atoms with van der Waals surface area (Å²) < 4.78 is 18.6. The van der Waals surface area contributed by atoms with Crippen molar-refractivity contribution in [3.63, 3.8) is 0 Å². The molecule has 27 heavy (non-hydrogen) atoms. The zero-order chi connectivity index (χ0) is 19.0. The fourth-order valence-corrected chi connectivity index (χ4v) is 3.43. The molecule has 3 aromatic rings. The quantitative estimate of drug-likeness (QED) is 0.689. The number of rotatable bonds is 4. The summed E-state index contributed by atoms with van der Waals surface area (Å²) in [6, 6.07) is 11.9. The van der Waals surface area contributed by atoms with Crippen molar-refractivity contribution in [2.24, 2.45) is 0 Å². The number of halogens is 1. The highest BCUT2D eigenvalue weighted by molar-refractivity contribution is 5.79. The van der Waals surface area contributed by atoms with Crippen LogP contribution >= 0.6 is 0 Å². The monoisotopic (exact) mass is 365 g/mol. The summed E-state index contributed by atoms with van der Waals surface area (Å²) >= 11 is 0. The molecule has 4 rings (SSSR count). The summed E-state index contributed by atoms with van der Waals surface area (Å²) in [5.41, 5.74) is 4.11. The van der Waals surface area contributed by atoms with E-state index in [1.54, 1.807) is 12.1 Å². The molecule has 138 valence electrons. The second kappa shape index (κ2) is 6.95. The van der Waals surface area contributed by atoms with Crippen LogP contribution in [0.3, 0.4) is 0 Å². The maximum absolute atomic E-state index is 13.1. The van der Waals surface area contributed by atoms with Crippen LogP contribution in [0.25, 0.3) is 11.4 Å². The largest absolute Gasteiger partial charge is 0.337 e. The Bertz CT molecular complexity index is 981. The lowest BCUT2D eigenvalue weighted by atomic mass is 10.0. The number of aromatic nitrogens is 2. The first-order chi connectivity index (χ1) is 13.0. The van der Waals surface area contributed by atoms with Crippen LogP contribution in [0.5, 0.6) is 0 Å². The van der Waals surface area contributed by atoms with E-state index in [1.165, 1.54) is 12.1 Å². The number of hydrogen-bond acceptors (Lipinski definition) is 4. The SMILES string of the molecule is Cc1ccc(C)c(CN2C(=O)CCC2c2nc(-c3ccc(F)cc3)no2)c1. The minimum absolute atomic E-state index is 0.0856. The van der Waals surface area contributed by atoms with Gasteiger partial charge in [-0.25, -0.2) is 4.39 Å². The summed E-state index contributed by atoms with van der Waals surface area (Å²) in [6.07, 6.45) is 1.11. The van der Waals surface area contributed by atoms with Gasteiger partial charge in [0.2, 0.25) is 17.6 Å². The summed E-state index contributed by atoms with van der Waals surface area (Å²) in [6.45, 7) is 4.61. The second-order valence-corrected chi connectivity index (χ2v) is 6.97. The van der Waals surface area contributed by atoms with Gasteiger partial charge in [0.15, 0.2) is 0 Å². The number of likely N-dealkylation sites (tertiary alicyclic amines) is 1. The molecule has 0 bridgehead atoms. The van der Waals surface area contributed by atoms with Gasteiger partial charge in [0.25, 0.3) is 0 Å². The molecule has 0 aliphatic carbocycles. The molecule has 1 aliphatic heterocycles. The zero-order valence-electron chi connectivity index (χ0n) is 15.3. The molecular formula is C21H20FN3O2.